The Morgan fingerprint density at radius 1 is 0.938 bits per heavy atom. The second-order valence-corrected chi connectivity index (χ2v) is 4.28. The van der Waals surface area contributed by atoms with E-state index in [-0.39, 0.29) is 6.42 Å². The van der Waals surface area contributed by atoms with Crippen LogP contribution >= 0.6 is 0 Å². The predicted octanol–water partition coefficient (Wildman–Crippen LogP) is 2.70. The third-order valence-corrected chi connectivity index (χ3v) is 2.15. The first-order valence-electron chi connectivity index (χ1n) is 5.92. The minimum atomic E-state index is -4.01. The van der Waals surface area contributed by atoms with Crippen LogP contribution < -0.4 is 10.6 Å². The molecular weight excluding hydrogens is 217 g/mol. The van der Waals surface area contributed by atoms with Crippen LogP contribution in [0.1, 0.15) is 39.5 Å². The number of rotatable bonds is 9. The van der Waals surface area contributed by atoms with E-state index in [9.17, 15) is 13.2 Å². The lowest BCUT2D eigenvalue weighted by atomic mass is 10.2. The fraction of sp³-hybridized carbons (Fsp3) is 1.00. The van der Waals surface area contributed by atoms with Crippen LogP contribution in [-0.4, -0.2) is 31.9 Å². The van der Waals surface area contributed by atoms with Gasteiger partial charge in [-0.05, 0) is 38.9 Å². The first kappa shape index (κ1) is 15.7. The summed E-state index contributed by atoms with van der Waals surface area (Å²) in [5.74, 6) is 0. The summed E-state index contributed by atoms with van der Waals surface area (Å²) in [5, 5.41) is 6.31. The number of alkyl halides is 3. The molecule has 0 aliphatic rings. The maximum Gasteiger partial charge on any atom is 0.389 e. The number of unbranched alkanes of at least 4 members (excludes halogenated alkanes) is 1. The second-order valence-electron chi connectivity index (χ2n) is 4.28. The van der Waals surface area contributed by atoms with Crippen molar-refractivity contribution in [1.82, 2.24) is 10.6 Å². The van der Waals surface area contributed by atoms with Gasteiger partial charge in [0.1, 0.15) is 0 Å². The van der Waals surface area contributed by atoms with Crippen LogP contribution in [0.25, 0.3) is 0 Å². The molecule has 0 saturated heterocycles. The minimum absolute atomic E-state index is 0.174. The largest absolute Gasteiger partial charge is 0.389 e. The lowest BCUT2D eigenvalue weighted by molar-refractivity contribution is -0.135. The van der Waals surface area contributed by atoms with Gasteiger partial charge in [0.2, 0.25) is 0 Å². The fourth-order valence-corrected chi connectivity index (χ4v) is 1.30. The van der Waals surface area contributed by atoms with E-state index in [0.717, 1.165) is 25.9 Å². The summed E-state index contributed by atoms with van der Waals surface area (Å²) in [7, 11) is 0. The van der Waals surface area contributed by atoms with Crippen LogP contribution in [0.5, 0.6) is 0 Å². The molecule has 98 valence electrons. The summed E-state index contributed by atoms with van der Waals surface area (Å²) in [6.45, 7) is 6.42. The van der Waals surface area contributed by atoms with Crippen LogP contribution in [-0.2, 0) is 0 Å². The zero-order chi connectivity index (χ0) is 12.4. The van der Waals surface area contributed by atoms with E-state index in [0.29, 0.717) is 12.6 Å². The fourth-order valence-electron chi connectivity index (χ4n) is 1.30. The summed E-state index contributed by atoms with van der Waals surface area (Å²) in [4.78, 5) is 0. The zero-order valence-corrected chi connectivity index (χ0v) is 10.2. The Morgan fingerprint density at radius 2 is 1.50 bits per heavy atom. The average molecular weight is 240 g/mol. The highest BCUT2D eigenvalue weighted by atomic mass is 19.4. The van der Waals surface area contributed by atoms with Crippen molar-refractivity contribution in [2.75, 3.05) is 19.6 Å². The molecule has 2 N–H and O–H groups in total. The molecule has 0 aliphatic heterocycles. The third-order valence-electron chi connectivity index (χ3n) is 2.15. The topological polar surface area (TPSA) is 24.1 Å². The molecule has 5 heteroatoms. The first-order valence-corrected chi connectivity index (χ1v) is 5.92. The summed E-state index contributed by atoms with van der Waals surface area (Å²) >= 11 is 0. The minimum Gasteiger partial charge on any atom is -0.317 e. The molecule has 0 heterocycles. The highest BCUT2D eigenvalue weighted by Crippen LogP contribution is 2.20. The molecule has 0 aromatic heterocycles. The molecule has 0 aromatic carbocycles. The average Bonchev–Trinajstić information content (AvgIpc) is 2.13. The predicted molar refractivity (Wildman–Crippen MR) is 60.5 cm³/mol. The summed E-state index contributed by atoms with van der Waals surface area (Å²) in [6.07, 6.45) is -2.46. The lowest BCUT2D eigenvalue weighted by Gasteiger charge is -2.09. The van der Waals surface area contributed by atoms with Crippen molar-refractivity contribution < 1.29 is 13.2 Å². The van der Waals surface area contributed by atoms with Crippen molar-refractivity contribution in [3.63, 3.8) is 0 Å². The molecular formula is C11H23F3N2. The molecule has 0 amide bonds. The standard InChI is InChI=1S/C11H23F3N2/c1-10(2)16-9-4-3-7-15-8-5-6-11(12,13)14/h10,15-16H,3-9H2,1-2H3. The van der Waals surface area contributed by atoms with Gasteiger partial charge in [0.15, 0.2) is 0 Å². The monoisotopic (exact) mass is 240 g/mol. The molecule has 0 saturated carbocycles. The molecule has 0 aromatic rings. The highest BCUT2D eigenvalue weighted by Gasteiger charge is 2.25. The Labute approximate surface area is 96.0 Å². The van der Waals surface area contributed by atoms with E-state index in [1.807, 2.05) is 0 Å². The summed E-state index contributed by atoms with van der Waals surface area (Å²) in [6, 6.07) is 0.500. The van der Waals surface area contributed by atoms with Crippen LogP contribution in [0.3, 0.4) is 0 Å². The third kappa shape index (κ3) is 13.7. The molecule has 0 fully saturated rings. The number of hydrogen-bond donors (Lipinski definition) is 2. The Kier molecular flexibility index (Phi) is 8.66. The van der Waals surface area contributed by atoms with Gasteiger partial charge in [-0.25, -0.2) is 0 Å². The maximum absolute atomic E-state index is 11.8. The molecule has 0 unspecified atom stereocenters. The summed E-state index contributed by atoms with van der Waals surface area (Å²) in [5.41, 5.74) is 0. The van der Waals surface area contributed by atoms with Gasteiger partial charge in [-0.15, -0.1) is 0 Å². The maximum atomic E-state index is 11.8. The van der Waals surface area contributed by atoms with Crippen LogP contribution in [0.4, 0.5) is 13.2 Å². The Bertz CT molecular complexity index is 158. The van der Waals surface area contributed by atoms with E-state index in [2.05, 4.69) is 24.5 Å². The molecule has 0 spiro atoms. The van der Waals surface area contributed by atoms with Crippen molar-refractivity contribution in [3.05, 3.63) is 0 Å². The van der Waals surface area contributed by atoms with E-state index in [1.54, 1.807) is 0 Å². The number of nitrogens with one attached hydrogen (secondary N) is 2. The van der Waals surface area contributed by atoms with Gasteiger partial charge in [0.05, 0.1) is 0 Å². The summed E-state index contributed by atoms with van der Waals surface area (Å²) < 4.78 is 35.3. The van der Waals surface area contributed by atoms with Gasteiger partial charge in [-0.3, -0.25) is 0 Å². The van der Waals surface area contributed by atoms with Gasteiger partial charge in [-0.1, -0.05) is 13.8 Å². The van der Waals surface area contributed by atoms with Crippen LogP contribution in [0.2, 0.25) is 0 Å². The molecule has 16 heavy (non-hydrogen) atoms. The van der Waals surface area contributed by atoms with Crippen molar-refractivity contribution in [2.24, 2.45) is 0 Å². The first-order chi connectivity index (χ1) is 7.42. The smallest absolute Gasteiger partial charge is 0.317 e. The lowest BCUT2D eigenvalue weighted by Crippen LogP contribution is -2.25. The Hall–Kier alpha value is -0.290. The van der Waals surface area contributed by atoms with E-state index >= 15 is 0 Å². The van der Waals surface area contributed by atoms with E-state index in [4.69, 9.17) is 0 Å². The van der Waals surface area contributed by atoms with Gasteiger partial charge in [0, 0.05) is 12.5 Å². The molecule has 0 aliphatic carbocycles. The van der Waals surface area contributed by atoms with Crippen molar-refractivity contribution >= 4 is 0 Å². The van der Waals surface area contributed by atoms with Crippen LogP contribution in [0.15, 0.2) is 0 Å². The SMILES string of the molecule is CC(C)NCCCCNCCCC(F)(F)F. The highest BCUT2D eigenvalue weighted by molar-refractivity contribution is 4.56. The van der Waals surface area contributed by atoms with Gasteiger partial charge >= 0.3 is 6.18 Å². The van der Waals surface area contributed by atoms with E-state index < -0.39 is 12.6 Å². The van der Waals surface area contributed by atoms with Crippen molar-refractivity contribution in [1.29, 1.82) is 0 Å². The van der Waals surface area contributed by atoms with Crippen molar-refractivity contribution in [2.45, 2.75) is 51.7 Å². The number of halogens is 3. The normalized spacial score (nSPS) is 12.4. The van der Waals surface area contributed by atoms with Crippen LogP contribution in [0, 0.1) is 0 Å². The molecule has 0 radical (unpaired) electrons. The number of hydrogen-bond acceptors (Lipinski definition) is 2. The van der Waals surface area contributed by atoms with Crippen molar-refractivity contribution in [3.8, 4) is 0 Å². The molecule has 0 bridgehead atoms. The van der Waals surface area contributed by atoms with Gasteiger partial charge in [0.25, 0.3) is 0 Å². The molecule has 0 rings (SSSR count). The van der Waals surface area contributed by atoms with E-state index in [1.165, 1.54) is 0 Å². The second kappa shape index (κ2) is 8.82. The Balaban J connectivity index is 3.05. The molecule has 2 nitrogen and oxygen atoms in total. The molecule has 0 atom stereocenters. The zero-order valence-electron chi connectivity index (χ0n) is 10.2. The van der Waals surface area contributed by atoms with Gasteiger partial charge in [-0.2, -0.15) is 13.2 Å². The van der Waals surface area contributed by atoms with Gasteiger partial charge < -0.3 is 10.6 Å². The Morgan fingerprint density at radius 3 is 2.06 bits per heavy atom. The quantitative estimate of drug-likeness (QED) is 0.605.